The summed E-state index contributed by atoms with van der Waals surface area (Å²) in [4.78, 5) is 4.36. The summed E-state index contributed by atoms with van der Waals surface area (Å²) in [5.74, 6) is 0.739. The normalized spacial score (nSPS) is 22.4. The number of nitrogens with zero attached hydrogens (tertiary/aromatic N) is 1. The van der Waals surface area contributed by atoms with Crippen LogP contribution in [0.15, 0.2) is 28.9 Å². The summed E-state index contributed by atoms with van der Waals surface area (Å²) in [6, 6.07) is 5.94. The smallest absolute Gasteiger partial charge is 0.153 e. The van der Waals surface area contributed by atoms with Crippen molar-refractivity contribution in [1.82, 2.24) is 4.98 Å². The molecule has 5 heteroatoms. The summed E-state index contributed by atoms with van der Waals surface area (Å²) in [6.07, 6.45) is 6.28. The zero-order valence-corrected chi connectivity index (χ0v) is 13.6. The van der Waals surface area contributed by atoms with E-state index in [9.17, 15) is 0 Å². The van der Waals surface area contributed by atoms with Crippen molar-refractivity contribution in [3.63, 3.8) is 0 Å². The number of ether oxygens (including phenoxy) is 2. The molecule has 1 aromatic carbocycles. The molecule has 2 N–H and O–H groups in total. The first-order valence-corrected chi connectivity index (χ1v) is 8.00. The van der Waals surface area contributed by atoms with Gasteiger partial charge in [-0.25, -0.2) is 0 Å². The Morgan fingerprint density at radius 1 is 1.29 bits per heavy atom. The van der Waals surface area contributed by atoms with Crippen LogP contribution < -0.4 is 10.5 Å². The Balaban J connectivity index is 1.92. The van der Waals surface area contributed by atoms with Gasteiger partial charge in [-0.1, -0.05) is 15.9 Å². The van der Waals surface area contributed by atoms with Crippen LogP contribution in [0.25, 0.3) is 10.9 Å². The lowest BCUT2D eigenvalue weighted by molar-refractivity contribution is 0.0216. The third-order valence-electron chi connectivity index (χ3n) is 4.00. The number of anilines is 1. The maximum atomic E-state index is 6.22. The third-order valence-corrected chi connectivity index (χ3v) is 4.50. The molecule has 112 valence electrons. The quantitative estimate of drug-likeness (QED) is 0.911. The van der Waals surface area contributed by atoms with Crippen LogP contribution in [0.3, 0.4) is 0 Å². The van der Waals surface area contributed by atoms with Crippen LogP contribution in [-0.2, 0) is 4.74 Å². The van der Waals surface area contributed by atoms with E-state index in [1.165, 1.54) is 0 Å². The molecule has 1 heterocycles. The minimum Gasteiger partial charge on any atom is -0.487 e. The second-order valence-corrected chi connectivity index (χ2v) is 6.38. The monoisotopic (exact) mass is 350 g/mol. The number of hydrogen-bond donors (Lipinski definition) is 1. The lowest BCUT2D eigenvalue weighted by Gasteiger charge is -2.29. The molecular weight excluding hydrogens is 332 g/mol. The Bertz CT molecular complexity index is 642. The minimum atomic E-state index is 0.149. The van der Waals surface area contributed by atoms with Crippen molar-refractivity contribution in [3.05, 3.63) is 28.9 Å². The number of halogens is 1. The molecule has 3 rings (SSSR count). The van der Waals surface area contributed by atoms with Crippen molar-refractivity contribution in [2.45, 2.75) is 37.9 Å². The van der Waals surface area contributed by atoms with Gasteiger partial charge in [0.1, 0.15) is 6.10 Å². The van der Waals surface area contributed by atoms with E-state index in [4.69, 9.17) is 15.2 Å². The van der Waals surface area contributed by atoms with Gasteiger partial charge in [0.2, 0.25) is 0 Å². The van der Waals surface area contributed by atoms with Gasteiger partial charge < -0.3 is 15.2 Å². The van der Waals surface area contributed by atoms with Crippen LogP contribution in [0.2, 0.25) is 0 Å². The second kappa shape index (κ2) is 6.20. The van der Waals surface area contributed by atoms with Crippen molar-refractivity contribution >= 4 is 32.5 Å². The molecule has 0 aliphatic heterocycles. The van der Waals surface area contributed by atoms with Gasteiger partial charge in [-0.2, -0.15) is 0 Å². The number of aromatic nitrogens is 1. The lowest BCUT2D eigenvalue weighted by atomic mass is 9.95. The van der Waals surface area contributed by atoms with Crippen molar-refractivity contribution in [2.24, 2.45) is 0 Å². The molecule has 1 fully saturated rings. The molecule has 1 aliphatic carbocycles. The molecule has 2 unspecified atom stereocenters. The van der Waals surface area contributed by atoms with E-state index in [1.807, 2.05) is 18.2 Å². The number of nitrogens with two attached hydrogens (primary N) is 1. The maximum absolute atomic E-state index is 6.22. The summed E-state index contributed by atoms with van der Waals surface area (Å²) in [7, 11) is 1.76. The zero-order valence-electron chi connectivity index (χ0n) is 12.0. The zero-order chi connectivity index (χ0) is 14.8. The van der Waals surface area contributed by atoms with E-state index in [1.54, 1.807) is 13.3 Å². The van der Waals surface area contributed by atoms with E-state index in [0.29, 0.717) is 5.69 Å². The average Bonchev–Trinajstić information content (AvgIpc) is 2.50. The number of fused-ring (bicyclic) bond motifs is 1. The molecule has 0 amide bonds. The summed E-state index contributed by atoms with van der Waals surface area (Å²) in [5.41, 5.74) is 7.56. The molecule has 0 spiro atoms. The summed E-state index contributed by atoms with van der Waals surface area (Å²) >= 11 is 3.49. The van der Waals surface area contributed by atoms with Crippen LogP contribution in [-0.4, -0.2) is 24.3 Å². The fourth-order valence-corrected chi connectivity index (χ4v) is 3.24. The Kier molecular flexibility index (Phi) is 4.31. The Morgan fingerprint density at radius 3 is 2.90 bits per heavy atom. The van der Waals surface area contributed by atoms with Crippen LogP contribution in [0.4, 0.5) is 5.69 Å². The number of rotatable bonds is 3. The molecule has 0 radical (unpaired) electrons. The van der Waals surface area contributed by atoms with Crippen LogP contribution in [0.5, 0.6) is 5.75 Å². The van der Waals surface area contributed by atoms with Gasteiger partial charge in [0.05, 0.1) is 23.5 Å². The number of methoxy groups -OCH3 is 1. The molecule has 1 saturated carbocycles. The van der Waals surface area contributed by atoms with Crippen LogP contribution >= 0.6 is 15.9 Å². The molecule has 0 saturated heterocycles. The van der Waals surface area contributed by atoms with E-state index in [2.05, 4.69) is 20.9 Å². The highest BCUT2D eigenvalue weighted by molar-refractivity contribution is 9.10. The predicted octanol–water partition coefficient (Wildman–Crippen LogP) is 3.92. The standard InChI is InChI=1S/C16H19BrN2O2/c1-20-11-3-2-4-12(8-11)21-16-13-7-10(17)5-6-15(13)19-9-14(16)18/h5-7,9,11-12H,2-4,8,18H2,1H3. The maximum Gasteiger partial charge on any atom is 0.153 e. The first kappa shape index (κ1) is 14.6. The number of nitrogen functional groups attached to an aromatic ring is 1. The Morgan fingerprint density at radius 2 is 2.10 bits per heavy atom. The number of pyridine rings is 1. The van der Waals surface area contributed by atoms with Gasteiger partial charge in [0.15, 0.2) is 5.75 Å². The fourth-order valence-electron chi connectivity index (χ4n) is 2.88. The first-order chi connectivity index (χ1) is 10.2. The number of benzene rings is 1. The fraction of sp³-hybridized carbons (Fsp3) is 0.438. The van der Waals surface area contributed by atoms with E-state index in [0.717, 1.165) is 46.8 Å². The van der Waals surface area contributed by atoms with Gasteiger partial charge in [0.25, 0.3) is 0 Å². The third kappa shape index (κ3) is 3.14. The summed E-state index contributed by atoms with van der Waals surface area (Å²) in [6.45, 7) is 0. The molecule has 0 bridgehead atoms. The highest BCUT2D eigenvalue weighted by atomic mass is 79.9. The van der Waals surface area contributed by atoms with Crippen LogP contribution in [0.1, 0.15) is 25.7 Å². The molecule has 21 heavy (non-hydrogen) atoms. The predicted molar refractivity (Wildman–Crippen MR) is 87.5 cm³/mol. The van der Waals surface area contributed by atoms with E-state index < -0.39 is 0 Å². The Hall–Kier alpha value is -1.33. The molecule has 2 atom stereocenters. The van der Waals surface area contributed by atoms with Crippen LogP contribution in [0, 0.1) is 0 Å². The Labute approximate surface area is 132 Å². The molecule has 1 aliphatic rings. The molecular formula is C16H19BrN2O2. The van der Waals surface area contributed by atoms with E-state index in [-0.39, 0.29) is 12.2 Å². The van der Waals surface area contributed by atoms with Gasteiger partial charge in [-0.3, -0.25) is 4.98 Å². The molecule has 1 aromatic heterocycles. The van der Waals surface area contributed by atoms with Gasteiger partial charge >= 0.3 is 0 Å². The lowest BCUT2D eigenvalue weighted by Crippen LogP contribution is -2.29. The number of hydrogen-bond acceptors (Lipinski definition) is 4. The average molecular weight is 351 g/mol. The van der Waals surface area contributed by atoms with Gasteiger partial charge in [-0.05, 0) is 37.5 Å². The van der Waals surface area contributed by atoms with Gasteiger partial charge in [0, 0.05) is 23.4 Å². The van der Waals surface area contributed by atoms with Crippen molar-refractivity contribution in [3.8, 4) is 5.75 Å². The van der Waals surface area contributed by atoms with Crippen molar-refractivity contribution < 1.29 is 9.47 Å². The largest absolute Gasteiger partial charge is 0.487 e. The first-order valence-electron chi connectivity index (χ1n) is 7.20. The highest BCUT2D eigenvalue weighted by Crippen LogP contribution is 2.35. The van der Waals surface area contributed by atoms with E-state index >= 15 is 0 Å². The minimum absolute atomic E-state index is 0.149. The van der Waals surface area contributed by atoms with Crippen molar-refractivity contribution in [1.29, 1.82) is 0 Å². The second-order valence-electron chi connectivity index (χ2n) is 5.47. The highest BCUT2D eigenvalue weighted by Gasteiger charge is 2.24. The summed E-state index contributed by atoms with van der Waals surface area (Å²) < 4.78 is 12.7. The SMILES string of the molecule is COC1CCCC(Oc2c(N)cnc3ccc(Br)cc23)C1. The molecule has 2 aromatic rings. The molecule has 4 nitrogen and oxygen atoms in total. The summed E-state index contributed by atoms with van der Waals surface area (Å²) in [5, 5.41) is 0.948. The van der Waals surface area contributed by atoms with Crippen molar-refractivity contribution in [2.75, 3.05) is 12.8 Å². The van der Waals surface area contributed by atoms with Gasteiger partial charge in [-0.15, -0.1) is 0 Å². The topological polar surface area (TPSA) is 57.4 Å².